The summed E-state index contributed by atoms with van der Waals surface area (Å²) in [6.45, 7) is 3.72. The number of hydrogen-bond acceptors (Lipinski definition) is 2. The lowest BCUT2D eigenvalue weighted by Crippen LogP contribution is -2.15. The van der Waals surface area contributed by atoms with Crippen LogP contribution in [0.2, 0.25) is 0 Å². The van der Waals surface area contributed by atoms with Crippen molar-refractivity contribution in [3.8, 4) is 5.75 Å². The molecule has 0 radical (unpaired) electrons. The minimum atomic E-state index is -0.170. The van der Waals surface area contributed by atoms with Crippen molar-refractivity contribution in [1.29, 1.82) is 0 Å². The Hall–Kier alpha value is -1.48. The van der Waals surface area contributed by atoms with Gasteiger partial charge in [0.1, 0.15) is 17.3 Å². The van der Waals surface area contributed by atoms with E-state index in [1.54, 1.807) is 0 Å². The lowest BCUT2D eigenvalue weighted by molar-refractivity contribution is -0.137. The van der Waals surface area contributed by atoms with E-state index in [0.29, 0.717) is 16.6 Å². The molecule has 0 bridgehead atoms. The fourth-order valence-electron chi connectivity index (χ4n) is 2.69. The van der Waals surface area contributed by atoms with Gasteiger partial charge in [-0.2, -0.15) is 0 Å². The number of carbonyl (C=O) groups is 1. The van der Waals surface area contributed by atoms with E-state index in [0.717, 1.165) is 5.39 Å². The van der Waals surface area contributed by atoms with Gasteiger partial charge in [-0.15, -0.1) is 0 Å². The van der Waals surface area contributed by atoms with Crippen molar-refractivity contribution in [1.82, 2.24) is 0 Å². The molecule has 0 spiro atoms. The second-order valence-electron chi connectivity index (χ2n) is 5.79. The molecule has 3 rings (SSSR count). The third-order valence-electron chi connectivity index (χ3n) is 3.87. The Morgan fingerprint density at radius 1 is 1.05 bits per heavy atom. The lowest BCUT2D eigenvalue weighted by Gasteiger charge is -2.11. The van der Waals surface area contributed by atoms with Gasteiger partial charge in [-0.3, -0.25) is 4.79 Å². The Morgan fingerprint density at radius 3 is 2.38 bits per heavy atom. The molecule has 21 heavy (non-hydrogen) atoms. The van der Waals surface area contributed by atoms with Crippen LogP contribution >= 0.6 is 0 Å². The molecule has 1 aliphatic heterocycles. The summed E-state index contributed by atoms with van der Waals surface area (Å²) in [4.78, 5) is 13.3. The van der Waals surface area contributed by atoms with Gasteiger partial charge in [0.05, 0.1) is 5.92 Å². The van der Waals surface area contributed by atoms with Crippen LogP contribution in [-0.2, 0) is 15.7 Å². The highest BCUT2D eigenvalue weighted by molar-refractivity contribution is 7.97. The van der Waals surface area contributed by atoms with Crippen LogP contribution in [0.15, 0.2) is 41.3 Å². The maximum Gasteiger partial charge on any atom is 0.313 e. The summed E-state index contributed by atoms with van der Waals surface area (Å²) in [5.74, 6) is 3.01. The van der Waals surface area contributed by atoms with Gasteiger partial charge in [-0.05, 0) is 31.0 Å². The normalized spacial score (nSPS) is 15.8. The quantitative estimate of drug-likeness (QED) is 0.483. The van der Waals surface area contributed by atoms with Crippen molar-refractivity contribution in [3.05, 3.63) is 36.4 Å². The van der Waals surface area contributed by atoms with Gasteiger partial charge >= 0.3 is 5.97 Å². The Balaban J connectivity index is 2.04. The molecule has 2 aromatic rings. The molecule has 1 fully saturated rings. The first-order valence-electron chi connectivity index (χ1n) is 7.58. The van der Waals surface area contributed by atoms with Crippen LogP contribution in [-0.4, -0.2) is 17.5 Å². The smallest absolute Gasteiger partial charge is 0.313 e. The third kappa shape index (κ3) is 2.93. The highest BCUT2D eigenvalue weighted by Crippen LogP contribution is 2.34. The van der Waals surface area contributed by atoms with Crippen molar-refractivity contribution in [2.24, 2.45) is 5.92 Å². The highest BCUT2D eigenvalue weighted by Gasteiger charge is 2.29. The van der Waals surface area contributed by atoms with Crippen molar-refractivity contribution < 1.29 is 9.53 Å². The average molecular weight is 301 g/mol. The number of esters is 1. The number of hydrogen-bond donors (Lipinski definition) is 0. The molecule has 1 aliphatic rings. The molecule has 0 aliphatic carbocycles. The van der Waals surface area contributed by atoms with Crippen molar-refractivity contribution in [2.45, 2.75) is 31.6 Å². The minimum absolute atomic E-state index is 0.111. The second kappa shape index (κ2) is 6.10. The maximum atomic E-state index is 11.9. The molecule has 1 saturated heterocycles. The van der Waals surface area contributed by atoms with Crippen LogP contribution in [0.4, 0.5) is 0 Å². The van der Waals surface area contributed by atoms with Gasteiger partial charge in [0, 0.05) is 21.7 Å². The summed E-state index contributed by atoms with van der Waals surface area (Å²) in [5.41, 5.74) is 0. The highest BCUT2D eigenvalue weighted by atomic mass is 32.2. The van der Waals surface area contributed by atoms with Crippen LogP contribution in [0.5, 0.6) is 5.75 Å². The van der Waals surface area contributed by atoms with E-state index < -0.39 is 0 Å². The molecule has 110 valence electrons. The van der Waals surface area contributed by atoms with Crippen molar-refractivity contribution >= 4 is 27.6 Å². The maximum absolute atomic E-state index is 11.9. The fourth-order valence-corrected chi connectivity index (χ4v) is 5.18. The number of fused-ring (bicyclic) bond motifs is 1. The predicted octanol–water partition coefficient (Wildman–Crippen LogP) is 4.17. The fraction of sp³-hybridized carbons (Fsp3) is 0.389. The minimum Gasteiger partial charge on any atom is -0.426 e. The van der Waals surface area contributed by atoms with Gasteiger partial charge < -0.3 is 4.74 Å². The van der Waals surface area contributed by atoms with Gasteiger partial charge in [-0.25, -0.2) is 0 Å². The van der Waals surface area contributed by atoms with E-state index in [4.69, 9.17) is 4.74 Å². The second-order valence-corrected chi connectivity index (χ2v) is 8.03. The summed E-state index contributed by atoms with van der Waals surface area (Å²) in [6, 6.07) is 12.4. The molecule has 0 aromatic heterocycles. The van der Waals surface area contributed by atoms with E-state index in [1.165, 1.54) is 34.6 Å². The summed E-state index contributed by atoms with van der Waals surface area (Å²) >= 11 is 0. The van der Waals surface area contributed by atoms with Crippen molar-refractivity contribution in [3.63, 3.8) is 0 Å². The summed E-state index contributed by atoms with van der Waals surface area (Å²) in [6.07, 6.45) is 2.67. The molecule has 0 atom stereocenters. The first kappa shape index (κ1) is 14.5. The monoisotopic (exact) mass is 301 g/mol. The molecule has 0 N–H and O–H groups in total. The lowest BCUT2D eigenvalue weighted by atomic mass is 10.1. The van der Waals surface area contributed by atoms with E-state index in [9.17, 15) is 4.79 Å². The van der Waals surface area contributed by atoms with Crippen LogP contribution < -0.4 is 4.74 Å². The molecule has 0 amide bonds. The largest absolute Gasteiger partial charge is 0.426 e. The van der Waals surface area contributed by atoms with Crippen LogP contribution in [0, 0.1) is 5.92 Å². The van der Waals surface area contributed by atoms with E-state index in [1.807, 2.05) is 26.0 Å². The molecule has 3 heteroatoms. The average Bonchev–Trinajstić information content (AvgIpc) is 3.01. The van der Waals surface area contributed by atoms with E-state index in [-0.39, 0.29) is 11.9 Å². The van der Waals surface area contributed by atoms with Crippen LogP contribution in [0.25, 0.3) is 10.8 Å². The Labute approximate surface area is 128 Å². The van der Waals surface area contributed by atoms with Crippen molar-refractivity contribution in [2.75, 3.05) is 11.5 Å². The molecule has 2 aromatic carbocycles. The van der Waals surface area contributed by atoms with Gasteiger partial charge in [0.25, 0.3) is 0 Å². The first-order chi connectivity index (χ1) is 10.2. The zero-order valence-corrected chi connectivity index (χ0v) is 13.4. The van der Waals surface area contributed by atoms with Crippen LogP contribution in [0.3, 0.4) is 0 Å². The number of rotatable bonds is 3. The summed E-state index contributed by atoms with van der Waals surface area (Å²) < 4.78 is 5.57. The molecule has 1 heterocycles. The van der Waals surface area contributed by atoms with Gasteiger partial charge in [-0.1, -0.05) is 32.0 Å². The van der Waals surface area contributed by atoms with E-state index >= 15 is 0 Å². The Bertz CT molecular complexity index is 657. The molecule has 0 saturated carbocycles. The zero-order chi connectivity index (χ0) is 14.8. The van der Waals surface area contributed by atoms with Crippen LogP contribution in [0.1, 0.15) is 26.7 Å². The number of carbonyl (C=O) groups excluding carboxylic acids is 1. The summed E-state index contributed by atoms with van der Waals surface area (Å²) in [7, 11) is 0.365. The molecule has 2 nitrogen and oxygen atoms in total. The van der Waals surface area contributed by atoms with E-state index in [2.05, 4.69) is 24.3 Å². The Kier molecular flexibility index (Phi) is 4.20. The summed E-state index contributed by atoms with van der Waals surface area (Å²) in [5, 5.41) is 2.31. The van der Waals surface area contributed by atoms with Gasteiger partial charge in [0.2, 0.25) is 0 Å². The molecular formula is C18H21O2S+. The molecular weight excluding hydrogens is 280 g/mol. The first-order valence-corrected chi connectivity index (χ1v) is 9.14. The zero-order valence-electron chi connectivity index (χ0n) is 12.6. The number of benzene rings is 2. The standard InChI is InChI=1S/C18H21O2S/c1-13(2)18(19)20-16-9-10-17(21-11-5-6-12-21)15-8-4-3-7-14(15)16/h3-4,7-10,13H,5-6,11-12H2,1-2H3/q+1. The third-order valence-corrected chi connectivity index (χ3v) is 6.41. The number of ether oxygens (including phenoxy) is 1. The SMILES string of the molecule is CC(C)C(=O)Oc1ccc([S+]2CCCC2)c2ccccc12. The topological polar surface area (TPSA) is 26.3 Å². The predicted molar refractivity (Wildman–Crippen MR) is 89.0 cm³/mol. The Morgan fingerprint density at radius 2 is 1.71 bits per heavy atom. The van der Waals surface area contributed by atoms with Gasteiger partial charge in [0.15, 0.2) is 4.90 Å². The molecule has 0 unspecified atom stereocenters.